The van der Waals surface area contributed by atoms with E-state index in [1.807, 2.05) is 0 Å². The van der Waals surface area contributed by atoms with Crippen LogP contribution in [0.3, 0.4) is 0 Å². The van der Waals surface area contributed by atoms with Crippen molar-refractivity contribution in [2.75, 3.05) is 13.1 Å². The highest BCUT2D eigenvalue weighted by molar-refractivity contribution is 5.74. The number of carboxylic acid groups (broad SMARTS) is 1. The molecule has 0 saturated carbocycles. The molecule has 0 aliphatic heterocycles. The number of amides is 2. The molecule has 0 heterocycles. The van der Waals surface area contributed by atoms with Gasteiger partial charge in [-0.1, -0.05) is 27.7 Å². The van der Waals surface area contributed by atoms with Crippen molar-refractivity contribution in [2.45, 2.75) is 40.5 Å². The average molecular weight is 244 g/mol. The summed E-state index contributed by atoms with van der Waals surface area (Å²) in [6.07, 6.45) is 0.536. The van der Waals surface area contributed by atoms with Crippen molar-refractivity contribution < 1.29 is 14.7 Å². The van der Waals surface area contributed by atoms with E-state index < -0.39 is 5.97 Å². The topological polar surface area (TPSA) is 78.4 Å². The Morgan fingerprint density at radius 2 is 1.82 bits per heavy atom. The van der Waals surface area contributed by atoms with Gasteiger partial charge in [-0.05, 0) is 17.8 Å². The highest BCUT2D eigenvalue weighted by Crippen LogP contribution is 2.24. The lowest BCUT2D eigenvalue weighted by atomic mass is 9.81. The summed E-state index contributed by atoms with van der Waals surface area (Å²) in [5.41, 5.74) is 0.0540. The zero-order chi connectivity index (χ0) is 13.5. The van der Waals surface area contributed by atoms with Crippen LogP contribution in [0.25, 0.3) is 0 Å². The molecule has 0 saturated heterocycles. The summed E-state index contributed by atoms with van der Waals surface area (Å²) in [5, 5.41) is 13.9. The van der Waals surface area contributed by atoms with E-state index in [0.29, 0.717) is 25.4 Å². The summed E-state index contributed by atoms with van der Waals surface area (Å²) in [5.74, 6) is -0.358. The van der Waals surface area contributed by atoms with Gasteiger partial charge in [0.2, 0.25) is 0 Å². The lowest BCUT2D eigenvalue weighted by molar-refractivity contribution is -0.137. The van der Waals surface area contributed by atoms with Gasteiger partial charge in [0.15, 0.2) is 0 Å². The third kappa shape index (κ3) is 7.60. The minimum atomic E-state index is -0.840. The first-order chi connectivity index (χ1) is 7.75. The summed E-state index contributed by atoms with van der Waals surface area (Å²) >= 11 is 0. The van der Waals surface area contributed by atoms with Gasteiger partial charge in [0.05, 0.1) is 0 Å². The maximum absolute atomic E-state index is 11.4. The third-order valence-electron chi connectivity index (χ3n) is 3.12. The van der Waals surface area contributed by atoms with Crippen molar-refractivity contribution in [1.29, 1.82) is 0 Å². The maximum Gasteiger partial charge on any atom is 0.314 e. The number of carboxylic acids is 1. The van der Waals surface area contributed by atoms with E-state index in [1.54, 1.807) is 0 Å². The van der Waals surface area contributed by atoms with E-state index in [-0.39, 0.29) is 17.9 Å². The highest BCUT2D eigenvalue weighted by atomic mass is 16.4. The Kier molecular flexibility index (Phi) is 6.61. The van der Waals surface area contributed by atoms with Crippen LogP contribution < -0.4 is 10.6 Å². The van der Waals surface area contributed by atoms with Gasteiger partial charge in [-0.3, -0.25) is 4.79 Å². The Labute approximate surface area is 103 Å². The molecule has 0 unspecified atom stereocenters. The first-order valence-electron chi connectivity index (χ1n) is 5.99. The van der Waals surface area contributed by atoms with E-state index in [2.05, 4.69) is 38.3 Å². The lowest BCUT2D eigenvalue weighted by Gasteiger charge is -2.29. The predicted octanol–water partition coefficient (Wildman–Crippen LogP) is 1.83. The summed E-state index contributed by atoms with van der Waals surface area (Å²) in [4.78, 5) is 21.6. The monoisotopic (exact) mass is 244 g/mol. The summed E-state index contributed by atoms with van der Waals surface area (Å²) in [6, 6.07) is -0.232. The van der Waals surface area contributed by atoms with E-state index in [1.165, 1.54) is 0 Å². The number of hydrogen-bond donors (Lipinski definition) is 3. The lowest BCUT2D eigenvalue weighted by Crippen LogP contribution is -2.42. The molecule has 0 spiro atoms. The first kappa shape index (κ1) is 15.7. The number of urea groups is 1. The Bertz CT molecular complexity index is 262. The van der Waals surface area contributed by atoms with E-state index >= 15 is 0 Å². The van der Waals surface area contributed by atoms with Gasteiger partial charge in [-0.25, -0.2) is 4.79 Å². The summed E-state index contributed by atoms with van der Waals surface area (Å²) < 4.78 is 0. The second-order valence-corrected chi connectivity index (χ2v) is 5.25. The molecule has 0 fully saturated rings. The van der Waals surface area contributed by atoms with Gasteiger partial charge in [0, 0.05) is 19.5 Å². The Morgan fingerprint density at radius 1 is 1.24 bits per heavy atom. The second-order valence-electron chi connectivity index (χ2n) is 5.25. The summed E-state index contributed by atoms with van der Waals surface area (Å²) in [6.45, 7) is 9.43. The van der Waals surface area contributed by atoms with E-state index in [0.717, 1.165) is 0 Å². The molecule has 5 heteroatoms. The standard InChI is InChI=1S/C12H24N2O3/c1-9(2)12(3,4)8-14-11(17)13-7-5-6-10(15)16/h9H,5-8H2,1-4H3,(H,15,16)(H2,13,14,17). The van der Waals surface area contributed by atoms with Crippen molar-refractivity contribution in [1.82, 2.24) is 10.6 Å². The van der Waals surface area contributed by atoms with Crippen LogP contribution >= 0.6 is 0 Å². The van der Waals surface area contributed by atoms with E-state index in [4.69, 9.17) is 5.11 Å². The van der Waals surface area contributed by atoms with Gasteiger partial charge >= 0.3 is 12.0 Å². The Morgan fingerprint density at radius 3 is 2.29 bits per heavy atom. The van der Waals surface area contributed by atoms with Crippen molar-refractivity contribution in [3.8, 4) is 0 Å². The van der Waals surface area contributed by atoms with Crippen LogP contribution in [-0.4, -0.2) is 30.2 Å². The predicted molar refractivity (Wildman–Crippen MR) is 66.9 cm³/mol. The fourth-order valence-corrected chi connectivity index (χ4v) is 1.02. The Hall–Kier alpha value is -1.26. The number of carbonyl (C=O) groups excluding carboxylic acids is 1. The smallest absolute Gasteiger partial charge is 0.314 e. The third-order valence-corrected chi connectivity index (χ3v) is 3.12. The van der Waals surface area contributed by atoms with Crippen LogP contribution in [0, 0.1) is 11.3 Å². The Balaban J connectivity index is 3.70. The van der Waals surface area contributed by atoms with Gasteiger partial charge in [-0.2, -0.15) is 0 Å². The van der Waals surface area contributed by atoms with Crippen molar-refractivity contribution in [3.63, 3.8) is 0 Å². The van der Waals surface area contributed by atoms with Crippen LogP contribution in [0.1, 0.15) is 40.5 Å². The van der Waals surface area contributed by atoms with Crippen molar-refractivity contribution in [3.05, 3.63) is 0 Å². The number of rotatable bonds is 7. The molecule has 0 aromatic heterocycles. The van der Waals surface area contributed by atoms with Gasteiger partial charge < -0.3 is 15.7 Å². The van der Waals surface area contributed by atoms with Crippen LogP contribution in [0.4, 0.5) is 4.79 Å². The highest BCUT2D eigenvalue weighted by Gasteiger charge is 2.22. The minimum Gasteiger partial charge on any atom is -0.481 e. The van der Waals surface area contributed by atoms with Crippen LogP contribution in [0.2, 0.25) is 0 Å². The van der Waals surface area contributed by atoms with Crippen molar-refractivity contribution in [2.24, 2.45) is 11.3 Å². The van der Waals surface area contributed by atoms with Crippen LogP contribution in [0.5, 0.6) is 0 Å². The molecule has 2 amide bonds. The number of nitrogens with one attached hydrogen (secondary N) is 2. The fourth-order valence-electron chi connectivity index (χ4n) is 1.02. The van der Waals surface area contributed by atoms with Crippen LogP contribution in [0.15, 0.2) is 0 Å². The molecule has 5 nitrogen and oxygen atoms in total. The number of carbonyl (C=O) groups is 2. The molecule has 0 aliphatic rings. The molecule has 0 aromatic carbocycles. The number of aliphatic carboxylic acids is 1. The van der Waals surface area contributed by atoms with Gasteiger partial charge in [0.25, 0.3) is 0 Å². The van der Waals surface area contributed by atoms with E-state index in [9.17, 15) is 9.59 Å². The molecule has 3 N–H and O–H groups in total. The maximum atomic E-state index is 11.4. The first-order valence-corrected chi connectivity index (χ1v) is 5.99. The van der Waals surface area contributed by atoms with Gasteiger partial charge in [0.1, 0.15) is 0 Å². The zero-order valence-corrected chi connectivity index (χ0v) is 11.2. The molecule has 0 rings (SSSR count). The van der Waals surface area contributed by atoms with Gasteiger partial charge in [-0.15, -0.1) is 0 Å². The molecule has 17 heavy (non-hydrogen) atoms. The fraction of sp³-hybridized carbons (Fsp3) is 0.833. The SMILES string of the molecule is CC(C)C(C)(C)CNC(=O)NCCCC(=O)O. The molecule has 0 radical (unpaired) electrons. The molecular formula is C12H24N2O3. The number of hydrogen-bond acceptors (Lipinski definition) is 2. The molecule has 0 aliphatic carbocycles. The normalized spacial score (nSPS) is 11.4. The second kappa shape index (κ2) is 7.14. The average Bonchev–Trinajstić information content (AvgIpc) is 2.21. The molecule has 0 bridgehead atoms. The van der Waals surface area contributed by atoms with Crippen molar-refractivity contribution >= 4 is 12.0 Å². The quantitative estimate of drug-likeness (QED) is 0.598. The minimum absolute atomic E-state index is 0.0540. The van der Waals surface area contributed by atoms with Crippen LogP contribution in [-0.2, 0) is 4.79 Å². The largest absolute Gasteiger partial charge is 0.481 e. The zero-order valence-electron chi connectivity index (χ0n) is 11.2. The molecular weight excluding hydrogens is 220 g/mol. The summed E-state index contributed by atoms with van der Waals surface area (Å²) in [7, 11) is 0. The molecule has 0 atom stereocenters. The molecule has 0 aromatic rings. The molecule has 100 valence electrons.